The van der Waals surface area contributed by atoms with Gasteiger partial charge in [0.05, 0.1) is 6.04 Å². The number of alkyl halides is 5. The molecule has 0 saturated heterocycles. The minimum atomic E-state index is -5.85. The van der Waals surface area contributed by atoms with Gasteiger partial charge in [0.2, 0.25) is 11.1 Å². The van der Waals surface area contributed by atoms with Crippen molar-refractivity contribution in [3.63, 3.8) is 0 Å². The molecular weight excluding hydrogens is 364 g/mol. The Balaban J connectivity index is 2.92. The van der Waals surface area contributed by atoms with Crippen molar-refractivity contribution >= 4 is 22.8 Å². The molecule has 1 N–H and O–H groups in total. The summed E-state index contributed by atoms with van der Waals surface area (Å²) in [4.78, 5) is 22.0. The summed E-state index contributed by atoms with van der Waals surface area (Å²) in [7, 11) is 0. The largest absolute Gasteiger partial charge is 0.458 e. The number of carbonyl (C=O) groups is 2. The Morgan fingerprint density at radius 3 is 2.21 bits per heavy atom. The molecule has 0 radical (unpaired) electrons. The number of benzene rings is 1. The fraction of sp³-hybridized carbons (Fsp3) is 0.429. The second-order valence-electron chi connectivity index (χ2n) is 4.95. The zero-order valence-electron chi connectivity index (χ0n) is 12.2. The van der Waals surface area contributed by atoms with E-state index >= 15 is 0 Å². The topological polar surface area (TPSA) is 46.2 Å². The lowest BCUT2D eigenvalue weighted by atomic mass is 10.0. The highest BCUT2D eigenvalue weighted by atomic mass is 35.5. The summed E-state index contributed by atoms with van der Waals surface area (Å²) in [6, 6.07) is 0.253. The van der Waals surface area contributed by atoms with Crippen LogP contribution in [0.5, 0.6) is 0 Å². The van der Waals surface area contributed by atoms with Gasteiger partial charge < -0.3 is 5.32 Å². The predicted molar refractivity (Wildman–Crippen MR) is 73.0 cm³/mol. The molecule has 3 nitrogen and oxygen atoms in total. The summed E-state index contributed by atoms with van der Waals surface area (Å²) in [5.74, 6) is -7.17. The molecule has 1 atom stereocenters. The summed E-state index contributed by atoms with van der Waals surface area (Å²) in [5.41, 5.74) is -1.82. The highest BCUT2D eigenvalue weighted by Gasteiger charge is 2.58. The second kappa shape index (κ2) is 7.42. The summed E-state index contributed by atoms with van der Waals surface area (Å²) >= 11 is 5.06. The van der Waals surface area contributed by atoms with E-state index < -0.39 is 40.7 Å². The van der Waals surface area contributed by atoms with Crippen molar-refractivity contribution < 1.29 is 35.9 Å². The Morgan fingerprint density at radius 1 is 1.17 bits per heavy atom. The lowest BCUT2D eigenvalue weighted by molar-refractivity contribution is -0.289. The molecule has 0 aliphatic rings. The van der Waals surface area contributed by atoms with Crippen LogP contribution in [0.1, 0.15) is 36.9 Å². The molecule has 1 amide bonds. The van der Waals surface area contributed by atoms with E-state index in [9.17, 15) is 35.9 Å². The first-order valence-electron chi connectivity index (χ1n) is 6.58. The molecule has 24 heavy (non-hydrogen) atoms. The molecule has 1 rings (SSSR count). The molecule has 10 heteroatoms. The third-order valence-electron chi connectivity index (χ3n) is 3.11. The molecule has 1 aromatic carbocycles. The first kappa shape index (κ1) is 20.3. The monoisotopic (exact) mass is 375 g/mol. The highest BCUT2D eigenvalue weighted by molar-refractivity contribution is 6.63. The fourth-order valence-electron chi connectivity index (χ4n) is 1.84. The Bertz CT molecular complexity index is 632. The van der Waals surface area contributed by atoms with Crippen LogP contribution in [-0.4, -0.2) is 17.3 Å². The Kier molecular flexibility index (Phi) is 6.26. The molecule has 0 saturated carbocycles. The standard InChI is InChI=1S/C14H12ClF6NO2/c1-7(22-12(24)5-4-11(15)23)9-3-2-8(6-10(9)16)13(17,18)14(19,20)21/h2-3,6-7H,4-5H2,1H3,(H,22,24). The van der Waals surface area contributed by atoms with Gasteiger partial charge in [-0.25, -0.2) is 4.39 Å². The minimum absolute atomic E-state index is 0.0772. The van der Waals surface area contributed by atoms with E-state index in [1.54, 1.807) is 0 Å². The van der Waals surface area contributed by atoms with Crippen LogP contribution in [0.3, 0.4) is 0 Å². The van der Waals surface area contributed by atoms with Gasteiger partial charge in [0, 0.05) is 24.0 Å². The van der Waals surface area contributed by atoms with Gasteiger partial charge in [-0.05, 0) is 24.6 Å². The summed E-state index contributed by atoms with van der Waals surface area (Å²) in [6.07, 6.45) is -6.37. The van der Waals surface area contributed by atoms with E-state index in [1.165, 1.54) is 6.92 Å². The number of halogens is 7. The number of rotatable bonds is 6. The van der Waals surface area contributed by atoms with Gasteiger partial charge >= 0.3 is 12.1 Å². The van der Waals surface area contributed by atoms with Crippen LogP contribution in [-0.2, 0) is 15.5 Å². The second-order valence-corrected chi connectivity index (χ2v) is 5.37. The summed E-state index contributed by atoms with van der Waals surface area (Å²) < 4.78 is 77.0. The van der Waals surface area contributed by atoms with Gasteiger partial charge in [-0.15, -0.1) is 0 Å². The van der Waals surface area contributed by atoms with E-state index in [2.05, 4.69) is 5.32 Å². The average Bonchev–Trinajstić information content (AvgIpc) is 2.43. The summed E-state index contributed by atoms with van der Waals surface area (Å²) in [6.45, 7) is 1.31. The fourth-order valence-corrected chi connectivity index (χ4v) is 1.93. The van der Waals surface area contributed by atoms with E-state index in [1.807, 2.05) is 0 Å². The van der Waals surface area contributed by atoms with Crippen molar-refractivity contribution in [2.24, 2.45) is 0 Å². The van der Waals surface area contributed by atoms with Crippen molar-refractivity contribution in [1.82, 2.24) is 5.32 Å². The number of hydrogen-bond donors (Lipinski definition) is 1. The lowest BCUT2D eigenvalue weighted by Gasteiger charge is -2.21. The third kappa shape index (κ3) is 4.86. The molecule has 1 unspecified atom stereocenters. The van der Waals surface area contributed by atoms with Crippen LogP contribution in [0.4, 0.5) is 26.3 Å². The van der Waals surface area contributed by atoms with Crippen LogP contribution >= 0.6 is 11.6 Å². The minimum Gasteiger partial charge on any atom is -0.349 e. The predicted octanol–water partition coefficient (Wildman–Crippen LogP) is 4.20. The maximum Gasteiger partial charge on any atom is 0.458 e. The smallest absolute Gasteiger partial charge is 0.349 e. The Hall–Kier alpha value is -1.77. The molecule has 134 valence electrons. The van der Waals surface area contributed by atoms with E-state index in [-0.39, 0.29) is 24.5 Å². The molecule has 0 aromatic heterocycles. The average molecular weight is 376 g/mol. The van der Waals surface area contributed by atoms with Crippen LogP contribution in [0.15, 0.2) is 18.2 Å². The molecule has 0 bridgehead atoms. The van der Waals surface area contributed by atoms with Crippen LogP contribution in [0.2, 0.25) is 0 Å². The maximum atomic E-state index is 13.9. The van der Waals surface area contributed by atoms with Crippen LogP contribution < -0.4 is 5.32 Å². The van der Waals surface area contributed by atoms with Gasteiger partial charge in [-0.3, -0.25) is 9.59 Å². The first-order chi connectivity index (χ1) is 10.9. The van der Waals surface area contributed by atoms with Crippen molar-refractivity contribution in [2.75, 3.05) is 0 Å². The summed E-state index contributed by atoms with van der Waals surface area (Å²) in [5, 5.41) is 1.53. The normalized spacial score (nSPS) is 13.5. The van der Waals surface area contributed by atoms with Gasteiger partial charge in [0.25, 0.3) is 0 Å². The van der Waals surface area contributed by atoms with Gasteiger partial charge in [0.15, 0.2) is 0 Å². The van der Waals surface area contributed by atoms with Crippen LogP contribution in [0, 0.1) is 5.82 Å². The SMILES string of the molecule is CC(NC(=O)CCC(=O)Cl)c1ccc(C(F)(F)C(F)(F)F)cc1F. The molecule has 1 aromatic rings. The lowest BCUT2D eigenvalue weighted by Crippen LogP contribution is -2.34. The molecule has 0 aliphatic heterocycles. The molecule has 0 aliphatic carbocycles. The Morgan fingerprint density at radius 2 is 1.75 bits per heavy atom. The number of amides is 1. The molecule has 0 fully saturated rings. The highest BCUT2D eigenvalue weighted by Crippen LogP contribution is 2.44. The van der Waals surface area contributed by atoms with Crippen molar-refractivity contribution in [3.8, 4) is 0 Å². The number of carbonyl (C=O) groups excluding carboxylic acids is 2. The quantitative estimate of drug-likeness (QED) is 0.598. The molecule has 0 heterocycles. The van der Waals surface area contributed by atoms with Crippen molar-refractivity contribution in [3.05, 3.63) is 35.1 Å². The van der Waals surface area contributed by atoms with Crippen molar-refractivity contribution in [2.45, 2.75) is 37.9 Å². The zero-order valence-corrected chi connectivity index (χ0v) is 12.9. The number of hydrogen-bond acceptors (Lipinski definition) is 2. The van der Waals surface area contributed by atoms with E-state index in [4.69, 9.17) is 11.6 Å². The van der Waals surface area contributed by atoms with Gasteiger partial charge in [-0.2, -0.15) is 22.0 Å². The van der Waals surface area contributed by atoms with Gasteiger partial charge in [-0.1, -0.05) is 12.1 Å². The molecule has 0 spiro atoms. The van der Waals surface area contributed by atoms with E-state index in [0.29, 0.717) is 6.07 Å². The number of nitrogens with one attached hydrogen (secondary N) is 1. The maximum absolute atomic E-state index is 13.9. The zero-order chi connectivity index (χ0) is 18.7. The van der Waals surface area contributed by atoms with Gasteiger partial charge in [0.1, 0.15) is 5.82 Å². The molecular formula is C14H12ClF6NO2. The van der Waals surface area contributed by atoms with E-state index in [0.717, 1.165) is 6.07 Å². The van der Waals surface area contributed by atoms with Crippen LogP contribution in [0.25, 0.3) is 0 Å². The van der Waals surface area contributed by atoms with Crippen molar-refractivity contribution in [1.29, 1.82) is 0 Å². The third-order valence-corrected chi connectivity index (χ3v) is 3.30. The first-order valence-corrected chi connectivity index (χ1v) is 6.96. The Labute approximate surface area is 138 Å².